The van der Waals surface area contributed by atoms with Crippen LogP contribution in [0.15, 0.2) is 36.4 Å². The Hall–Kier alpha value is -2.30. The number of hydrogen-bond donors (Lipinski definition) is 3. The fourth-order valence-electron chi connectivity index (χ4n) is 2.51. The third kappa shape index (κ3) is 6.14. The highest BCUT2D eigenvalue weighted by atomic mass is 16.2. The van der Waals surface area contributed by atoms with Gasteiger partial charge in [0, 0.05) is 24.7 Å². The number of benzene rings is 1. The largest absolute Gasteiger partial charge is 0.352 e. The maximum absolute atomic E-state index is 11.9. The standard InChI is InChI=1S/C18H25N3O2/c1-13(2)20-18(23)21-16-9-7-15(8-10-16)12-19-17(22)11-14-5-3-4-6-14/h3,5,7-10,13-14H,4,6,11-12H2,1-2H3,(H,19,22)(H2,20,21,23). The molecule has 1 unspecified atom stereocenters. The van der Waals surface area contributed by atoms with Crippen LogP contribution in [0.4, 0.5) is 10.5 Å². The van der Waals surface area contributed by atoms with Gasteiger partial charge >= 0.3 is 6.03 Å². The molecule has 3 N–H and O–H groups in total. The third-order valence-electron chi connectivity index (χ3n) is 3.68. The summed E-state index contributed by atoms with van der Waals surface area (Å²) in [6.07, 6.45) is 6.98. The van der Waals surface area contributed by atoms with Gasteiger partial charge in [0.25, 0.3) is 0 Å². The maximum Gasteiger partial charge on any atom is 0.319 e. The van der Waals surface area contributed by atoms with Crippen LogP contribution in [0.25, 0.3) is 0 Å². The van der Waals surface area contributed by atoms with Gasteiger partial charge in [-0.2, -0.15) is 0 Å². The van der Waals surface area contributed by atoms with Crippen molar-refractivity contribution in [3.05, 3.63) is 42.0 Å². The van der Waals surface area contributed by atoms with Gasteiger partial charge in [-0.15, -0.1) is 0 Å². The van der Waals surface area contributed by atoms with Crippen molar-refractivity contribution < 1.29 is 9.59 Å². The van der Waals surface area contributed by atoms with Gasteiger partial charge in [0.1, 0.15) is 0 Å². The molecule has 0 radical (unpaired) electrons. The van der Waals surface area contributed by atoms with Gasteiger partial charge in [0.2, 0.25) is 5.91 Å². The van der Waals surface area contributed by atoms with E-state index >= 15 is 0 Å². The molecule has 0 spiro atoms. The molecule has 1 aliphatic rings. The molecule has 1 atom stereocenters. The van der Waals surface area contributed by atoms with E-state index in [-0.39, 0.29) is 18.0 Å². The number of rotatable bonds is 6. The Bertz CT molecular complexity index is 564. The average Bonchev–Trinajstić information content (AvgIpc) is 2.98. The van der Waals surface area contributed by atoms with Crippen LogP contribution < -0.4 is 16.0 Å². The van der Waals surface area contributed by atoms with Crippen molar-refractivity contribution in [2.24, 2.45) is 5.92 Å². The minimum atomic E-state index is -0.217. The minimum absolute atomic E-state index is 0.0834. The van der Waals surface area contributed by atoms with Crippen LogP contribution in [0.2, 0.25) is 0 Å². The van der Waals surface area contributed by atoms with Crippen molar-refractivity contribution in [1.29, 1.82) is 0 Å². The van der Waals surface area contributed by atoms with E-state index in [9.17, 15) is 9.59 Å². The summed E-state index contributed by atoms with van der Waals surface area (Å²) in [6, 6.07) is 7.36. The first-order chi connectivity index (χ1) is 11.0. The minimum Gasteiger partial charge on any atom is -0.352 e. The summed E-state index contributed by atoms with van der Waals surface area (Å²) in [5.74, 6) is 0.473. The van der Waals surface area contributed by atoms with Crippen molar-refractivity contribution in [2.75, 3.05) is 5.32 Å². The average molecular weight is 315 g/mol. The molecule has 1 aliphatic carbocycles. The second kappa shape index (κ2) is 8.36. The SMILES string of the molecule is CC(C)NC(=O)Nc1ccc(CNC(=O)CC2C=CCC2)cc1. The third-order valence-corrected chi connectivity index (χ3v) is 3.68. The van der Waals surface area contributed by atoms with Gasteiger partial charge in [0.15, 0.2) is 0 Å². The number of urea groups is 1. The molecule has 124 valence electrons. The van der Waals surface area contributed by atoms with E-state index < -0.39 is 0 Å². The van der Waals surface area contributed by atoms with Crippen LogP contribution in [0.1, 0.15) is 38.7 Å². The zero-order chi connectivity index (χ0) is 16.7. The predicted octanol–water partition coefficient (Wildman–Crippen LogP) is 3.19. The van der Waals surface area contributed by atoms with E-state index in [1.165, 1.54) is 0 Å². The summed E-state index contributed by atoms with van der Waals surface area (Å²) >= 11 is 0. The Kier molecular flexibility index (Phi) is 6.20. The summed E-state index contributed by atoms with van der Waals surface area (Å²) in [4.78, 5) is 23.5. The highest BCUT2D eigenvalue weighted by Gasteiger charge is 2.13. The first-order valence-corrected chi connectivity index (χ1v) is 8.13. The zero-order valence-corrected chi connectivity index (χ0v) is 13.8. The van der Waals surface area contributed by atoms with E-state index in [0.29, 0.717) is 18.9 Å². The number of anilines is 1. The van der Waals surface area contributed by atoms with Gasteiger partial charge in [-0.05, 0) is 50.3 Å². The van der Waals surface area contributed by atoms with Crippen LogP contribution in [0.3, 0.4) is 0 Å². The van der Waals surface area contributed by atoms with Crippen molar-refractivity contribution in [3.8, 4) is 0 Å². The Morgan fingerprint density at radius 3 is 2.57 bits per heavy atom. The number of carbonyl (C=O) groups is 2. The molecule has 0 fully saturated rings. The summed E-state index contributed by atoms with van der Waals surface area (Å²) < 4.78 is 0. The number of carbonyl (C=O) groups excluding carboxylic acids is 2. The predicted molar refractivity (Wildman–Crippen MR) is 92.1 cm³/mol. The number of allylic oxidation sites excluding steroid dienone is 2. The maximum atomic E-state index is 11.9. The van der Waals surface area contributed by atoms with Gasteiger partial charge < -0.3 is 16.0 Å². The molecule has 3 amide bonds. The molecule has 0 saturated heterocycles. The molecular formula is C18H25N3O2. The van der Waals surface area contributed by atoms with E-state index in [4.69, 9.17) is 0 Å². The zero-order valence-electron chi connectivity index (χ0n) is 13.8. The molecule has 1 aromatic carbocycles. The fourth-order valence-corrected chi connectivity index (χ4v) is 2.51. The first-order valence-electron chi connectivity index (χ1n) is 8.13. The van der Waals surface area contributed by atoms with Crippen molar-refractivity contribution in [1.82, 2.24) is 10.6 Å². The molecule has 2 rings (SSSR count). The van der Waals surface area contributed by atoms with Gasteiger partial charge in [0.05, 0.1) is 0 Å². The van der Waals surface area contributed by atoms with E-state index in [2.05, 4.69) is 28.1 Å². The normalized spacial score (nSPS) is 16.4. The lowest BCUT2D eigenvalue weighted by Gasteiger charge is -2.11. The molecule has 0 aliphatic heterocycles. The summed E-state index contributed by atoms with van der Waals surface area (Å²) in [5.41, 5.74) is 1.74. The van der Waals surface area contributed by atoms with Gasteiger partial charge in [-0.3, -0.25) is 4.79 Å². The van der Waals surface area contributed by atoms with Crippen LogP contribution in [0.5, 0.6) is 0 Å². The lowest BCUT2D eigenvalue weighted by molar-refractivity contribution is -0.121. The number of amides is 3. The Morgan fingerprint density at radius 2 is 1.96 bits per heavy atom. The molecule has 0 bridgehead atoms. The quantitative estimate of drug-likeness (QED) is 0.706. The van der Waals surface area contributed by atoms with Crippen LogP contribution >= 0.6 is 0 Å². The molecule has 23 heavy (non-hydrogen) atoms. The second-order valence-electron chi connectivity index (χ2n) is 6.20. The number of hydrogen-bond acceptors (Lipinski definition) is 2. The lowest BCUT2D eigenvalue weighted by atomic mass is 10.1. The molecule has 5 heteroatoms. The second-order valence-corrected chi connectivity index (χ2v) is 6.20. The van der Waals surface area contributed by atoms with E-state index in [1.807, 2.05) is 38.1 Å². The van der Waals surface area contributed by atoms with E-state index in [0.717, 1.165) is 24.1 Å². The smallest absolute Gasteiger partial charge is 0.319 e. The molecule has 5 nitrogen and oxygen atoms in total. The first kappa shape index (κ1) is 17.1. The Labute approximate surface area is 137 Å². The van der Waals surface area contributed by atoms with Crippen LogP contribution in [0, 0.1) is 5.92 Å². The Morgan fingerprint density at radius 1 is 1.22 bits per heavy atom. The number of nitrogens with one attached hydrogen (secondary N) is 3. The molecular weight excluding hydrogens is 290 g/mol. The monoisotopic (exact) mass is 315 g/mol. The summed E-state index contributed by atoms with van der Waals surface area (Å²) in [7, 11) is 0. The summed E-state index contributed by atoms with van der Waals surface area (Å²) in [5, 5.41) is 8.48. The van der Waals surface area contributed by atoms with Crippen molar-refractivity contribution in [2.45, 2.75) is 45.7 Å². The highest BCUT2D eigenvalue weighted by Crippen LogP contribution is 2.20. The van der Waals surface area contributed by atoms with Crippen LogP contribution in [-0.2, 0) is 11.3 Å². The Balaban J connectivity index is 1.74. The van der Waals surface area contributed by atoms with Crippen molar-refractivity contribution in [3.63, 3.8) is 0 Å². The molecule has 0 saturated carbocycles. The highest BCUT2D eigenvalue weighted by molar-refractivity contribution is 5.89. The molecule has 0 heterocycles. The lowest BCUT2D eigenvalue weighted by Crippen LogP contribution is -2.34. The van der Waals surface area contributed by atoms with E-state index in [1.54, 1.807) is 0 Å². The summed E-state index contributed by atoms with van der Waals surface area (Å²) in [6.45, 7) is 4.33. The van der Waals surface area contributed by atoms with Gasteiger partial charge in [-0.1, -0.05) is 24.3 Å². The van der Waals surface area contributed by atoms with Crippen LogP contribution in [-0.4, -0.2) is 18.0 Å². The van der Waals surface area contributed by atoms with Gasteiger partial charge in [-0.25, -0.2) is 4.79 Å². The molecule has 0 aromatic heterocycles. The van der Waals surface area contributed by atoms with Crippen molar-refractivity contribution >= 4 is 17.6 Å². The topological polar surface area (TPSA) is 70.2 Å². The fraction of sp³-hybridized carbons (Fsp3) is 0.444. The molecule has 1 aromatic rings.